The van der Waals surface area contributed by atoms with E-state index in [4.69, 9.17) is 15.2 Å². The van der Waals surface area contributed by atoms with Gasteiger partial charge in [-0.15, -0.1) is 0 Å². The molecule has 3 aromatic heterocycles. The number of nitrogens with zero attached hydrogens (tertiary/aromatic N) is 3. The second kappa shape index (κ2) is 10.3. The number of pyridine rings is 1. The van der Waals surface area contributed by atoms with E-state index in [0.717, 1.165) is 62.4 Å². The van der Waals surface area contributed by atoms with Gasteiger partial charge in [0.15, 0.2) is 0 Å². The minimum atomic E-state index is -0.203. The Labute approximate surface area is 217 Å². The van der Waals surface area contributed by atoms with E-state index >= 15 is 0 Å². The molecule has 186 valence electrons. The predicted molar refractivity (Wildman–Crippen MR) is 151 cm³/mol. The SMILES string of the molecule is CC/C=C\C=C(/N)C(c1ccccc1)n1cc(-c2ccc(C)cc2)c2ncc(-c3c(C)noc3C)cc21. The summed E-state index contributed by atoms with van der Waals surface area (Å²) in [6, 6.07) is 20.9. The molecular weight excluding hydrogens is 456 g/mol. The van der Waals surface area contributed by atoms with Crippen LogP contribution in [0.4, 0.5) is 0 Å². The Morgan fingerprint density at radius 3 is 2.46 bits per heavy atom. The Bertz CT molecular complexity index is 1570. The van der Waals surface area contributed by atoms with E-state index < -0.39 is 0 Å². The summed E-state index contributed by atoms with van der Waals surface area (Å²) in [6.07, 6.45) is 11.2. The number of rotatable bonds is 7. The monoisotopic (exact) mass is 488 g/mol. The fourth-order valence-electron chi connectivity index (χ4n) is 4.87. The topological polar surface area (TPSA) is 69.9 Å². The number of hydrogen-bond donors (Lipinski definition) is 1. The van der Waals surface area contributed by atoms with Gasteiger partial charge in [0.2, 0.25) is 0 Å². The molecule has 37 heavy (non-hydrogen) atoms. The van der Waals surface area contributed by atoms with Crippen molar-refractivity contribution in [1.29, 1.82) is 0 Å². The molecule has 1 unspecified atom stereocenters. The third-order valence-electron chi connectivity index (χ3n) is 6.72. The maximum Gasteiger partial charge on any atom is 0.141 e. The number of nitrogens with two attached hydrogens (primary N) is 1. The largest absolute Gasteiger partial charge is 0.400 e. The highest BCUT2D eigenvalue weighted by Gasteiger charge is 2.23. The zero-order chi connectivity index (χ0) is 25.9. The van der Waals surface area contributed by atoms with Crippen molar-refractivity contribution in [1.82, 2.24) is 14.7 Å². The molecular formula is C32H32N4O. The smallest absolute Gasteiger partial charge is 0.141 e. The van der Waals surface area contributed by atoms with Gasteiger partial charge in [-0.05, 0) is 50.5 Å². The normalized spacial score (nSPS) is 13.0. The molecule has 0 aliphatic rings. The molecule has 2 aromatic carbocycles. The van der Waals surface area contributed by atoms with E-state index in [0.29, 0.717) is 0 Å². The van der Waals surface area contributed by atoms with Gasteiger partial charge in [-0.1, -0.05) is 84.4 Å². The van der Waals surface area contributed by atoms with Crippen molar-refractivity contribution >= 4 is 11.0 Å². The molecule has 0 saturated carbocycles. The molecule has 0 bridgehead atoms. The maximum atomic E-state index is 6.81. The highest BCUT2D eigenvalue weighted by molar-refractivity contribution is 5.95. The zero-order valence-electron chi connectivity index (χ0n) is 21.8. The van der Waals surface area contributed by atoms with Crippen LogP contribution in [0.3, 0.4) is 0 Å². The maximum absolute atomic E-state index is 6.81. The van der Waals surface area contributed by atoms with Crippen LogP contribution in [0, 0.1) is 20.8 Å². The zero-order valence-corrected chi connectivity index (χ0v) is 21.8. The van der Waals surface area contributed by atoms with Gasteiger partial charge in [-0.25, -0.2) is 0 Å². The Balaban J connectivity index is 1.79. The van der Waals surface area contributed by atoms with Crippen LogP contribution in [0.15, 0.2) is 102 Å². The van der Waals surface area contributed by atoms with Crippen molar-refractivity contribution in [3.8, 4) is 22.3 Å². The van der Waals surface area contributed by atoms with Crippen molar-refractivity contribution in [2.75, 3.05) is 0 Å². The van der Waals surface area contributed by atoms with Gasteiger partial charge in [0.05, 0.1) is 22.8 Å². The van der Waals surface area contributed by atoms with Gasteiger partial charge in [-0.2, -0.15) is 0 Å². The second-order valence-electron chi connectivity index (χ2n) is 9.42. The first-order valence-electron chi connectivity index (χ1n) is 12.7. The lowest BCUT2D eigenvalue weighted by molar-refractivity contribution is 0.393. The van der Waals surface area contributed by atoms with Crippen LogP contribution in [-0.4, -0.2) is 14.7 Å². The molecule has 2 N–H and O–H groups in total. The van der Waals surface area contributed by atoms with Crippen LogP contribution < -0.4 is 5.73 Å². The first kappa shape index (κ1) is 24.3. The van der Waals surface area contributed by atoms with Gasteiger partial charge in [0, 0.05) is 34.8 Å². The Kier molecular flexibility index (Phi) is 6.78. The fourth-order valence-corrected chi connectivity index (χ4v) is 4.87. The quantitative estimate of drug-likeness (QED) is 0.239. The number of hydrogen-bond acceptors (Lipinski definition) is 4. The number of fused-ring (bicyclic) bond motifs is 1. The lowest BCUT2D eigenvalue weighted by Crippen LogP contribution is -2.18. The van der Waals surface area contributed by atoms with E-state index in [1.807, 2.05) is 38.3 Å². The average molecular weight is 489 g/mol. The Morgan fingerprint density at radius 1 is 1.03 bits per heavy atom. The fraction of sp³-hybridized carbons (Fsp3) is 0.188. The van der Waals surface area contributed by atoms with Crippen LogP contribution in [0.25, 0.3) is 33.3 Å². The van der Waals surface area contributed by atoms with Crippen molar-refractivity contribution in [3.63, 3.8) is 0 Å². The molecule has 0 fully saturated rings. The van der Waals surface area contributed by atoms with Crippen molar-refractivity contribution in [2.45, 2.75) is 40.2 Å². The van der Waals surface area contributed by atoms with Crippen molar-refractivity contribution in [3.05, 3.63) is 120 Å². The van der Waals surface area contributed by atoms with E-state index in [2.05, 4.69) is 90.4 Å². The number of aryl methyl sites for hydroxylation is 3. The molecule has 5 nitrogen and oxygen atoms in total. The molecule has 5 aromatic rings. The van der Waals surface area contributed by atoms with E-state index in [9.17, 15) is 0 Å². The van der Waals surface area contributed by atoms with Gasteiger partial charge < -0.3 is 14.8 Å². The standard InChI is InChI=1S/C32H32N4O/c1-5-6-8-13-28(33)32(25-11-9-7-10-12-25)36-20-27(24-16-14-21(2)15-17-24)31-29(36)18-26(19-34-31)30-22(3)35-37-23(30)4/h6-20,32H,5,33H2,1-4H3/b8-6-,28-13-. The molecule has 0 spiro atoms. The second-order valence-corrected chi connectivity index (χ2v) is 9.42. The van der Waals surface area contributed by atoms with Crippen LogP contribution in [0.5, 0.6) is 0 Å². The van der Waals surface area contributed by atoms with Crippen LogP contribution in [0.1, 0.15) is 42.0 Å². The summed E-state index contributed by atoms with van der Waals surface area (Å²) in [6.45, 7) is 8.11. The van der Waals surface area contributed by atoms with Gasteiger partial charge in [0.1, 0.15) is 5.76 Å². The lowest BCUT2D eigenvalue weighted by atomic mass is 10.0. The summed E-state index contributed by atoms with van der Waals surface area (Å²) in [4.78, 5) is 4.99. The highest BCUT2D eigenvalue weighted by atomic mass is 16.5. The molecule has 1 atom stereocenters. The molecule has 5 rings (SSSR count). The van der Waals surface area contributed by atoms with Gasteiger partial charge >= 0.3 is 0 Å². The van der Waals surface area contributed by atoms with E-state index in [-0.39, 0.29) is 6.04 Å². The number of aromatic nitrogens is 3. The number of allylic oxidation sites excluding steroid dienone is 4. The minimum Gasteiger partial charge on any atom is -0.400 e. The third kappa shape index (κ3) is 4.73. The number of benzene rings is 2. The highest BCUT2D eigenvalue weighted by Crippen LogP contribution is 2.37. The summed E-state index contributed by atoms with van der Waals surface area (Å²) in [5.74, 6) is 0.777. The molecule has 3 heterocycles. The minimum absolute atomic E-state index is 0.203. The first-order chi connectivity index (χ1) is 18.0. The summed E-state index contributed by atoms with van der Waals surface area (Å²) in [5, 5.41) is 4.16. The third-order valence-corrected chi connectivity index (χ3v) is 6.72. The summed E-state index contributed by atoms with van der Waals surface area (Å²) in [7, 11) is 0. The summed E-state index contributed by atoms with van der Waals surface area (Å²) < 4.78 is 7.72. The molecule has 0 radical (unpaired) electrons. The van der Waals surface area contributed by atoms with Crippen molar-refractivity contribution in [2.24, 2.45) is 5.73 Å². The predicted octanol–water partition coefficient (Wildman–Crippen LogP) is 7.68. The summed E-state index contributed by atoms with van der Waals surface area (Å²) >= 11 is 0. The van der Waals surface area contributed by atoms with E-state index in [1.54, 1.807) is 0 Å². The first-order valence-corrected chi connectivity index (χ1v) is 12.7. The Hall–Kier alpha value is -4.38. The molecule has 0 aliphatic heterocycles. The van der Waals surface area contributed by atoms with Gasteiger partial charge in [0.25, 0.3) is 0 Å². The van der Waals surface area contributed by atoms with Crippen LogP contribution in [0.2, 0.25) is 0 Å². The molecule has 5 heteroatoms. The van der Waals surface area contributed by atoms with Crippen LogP contribution in [-0.2, 0) is 0 Å². The van der Waals surface area contributed by atoms with E-state index in [1.165, 1.54) is 5.56 Å². The van der Waals surface area contributed by atoms with Crippen molar-refractivity contribution < 1.29 is 4.52 Å². The molecule has 0 saturated heterocycles. The van der Waals surface area contributed by atoms with Crippen LogP contribution >= 0.6 is 0 Å². The lowest BCUT2D eigenvalue weighted by Gasteiger charge is -2.21. The molecule has 0 amide bonds. The average Bonchev–Trinajstić information content (AvgIpc) is 3.44. The summed E-state index contributed by atoms with van der Waals surface area (Å²) in [5.41, 5.74) is 16.8. The Morgan fingerprint density at radius 2 is 1.78 bits per heavy atom. The molecule has 0 aliphatic carbocycles. The van der Waals surface area contributed by atoms with Gasteiger partial charge in [-0.3, -0.25) is 4.98 Å².